The first-order chi connectivity index (χ1) is 9.66. The number of hydrogen-bond donors (Lipinski definition) is 2. The number of carbonyl (C=O) groups excluding carboxylic acids is 1. The van der Waals surface area contributed by atoms with Crippen molar-refractivity contribution >= 4 is 6.03 Å². The quantitative estimate of drug-likeness (QED) is 0.773. The second-order valence-corrected chi connectivity index (χ2v) is 6.14. The Labute approximate surface area is 121 Å². The van der Waals surface area contributed by atoms with Gasteiger partial charge in [0.1, 0.15) is 0 Å². The van der Waals surface area contributed by atoms with E-state index >= 15 is 0 Å². The molecule has 0 spiro atoms. The molecule has 3 atom stereocenters. The lowest BCUT2D eigenvalue weighted by molar-refractivity contribution is -0.00297. The lowest BCUT2D eigenvalue weighted by Crippen LogP contribution is -2.47. The van der Waals surface area contributed by atoms with Crippen LogP contribution in [0.2, 0.25) is 0 Å². The topological polar surface area (TPSA) is 61.8 Å². The lowest BCUT2D eigenvalue weighted by Gasteiger charge is -2.31. The molecule has 0 aromatic rings. The van der Waals surface area contributed by atoms with Crippen molar-refractivity contribution in [2.45, 2.75) is 57.7 Å². The molecule has 1 aliphatic carbocycles. The molecule has 0 bridgehead atoms. The second kappa shape index (κ2) is 7.84. The fourth-order valence-corrected chi connectivity index (χ4v) is 3.15. The lowest BCUT2D eigenvalue weighted by atomic mass is 9.88. The van der Waals surface area contributed by atoms with Crippen LogP contribution in [0.5, 0.6) is 0 Å². The van der Waals surface area contributed by atoms with Crippen molar-refractivity contribution in [1.29, 1.82) is 0 Å². The summed E-state index contributed by atoms with van der Waals surface area (Å²) < 4.78 is 5.87. The minimum atomic E-state index is -0.367. The number of ether oxygens (including phenoxy) is 1. The van der Waals surface area contributed by atoms with Gasteiger partial charge in [0, 0.05) is 19.6 Å². The number of aliphatic hydroxyl groups is 1. The van der Waals surface area contributed by atoms with Crippen molar-refractivity contribution in [3.63, 3.8) is 0 Å². The third-order valence-corrected chi connectivity index (χ3v) is 4.43. The van der Waals surface area contributed by atoms with Gasteiger partial charge in [-0.1, -0.05) is 19.8 Å². The van der Waals surface area contributed by atoms with Gasteiger partial charge in [-0.05, 0) is 31.6 Å². The maximum absolute atomic E-state index is 11.9. The Hall–Kier alpha value is -0.810. The van der Waals surface area contributed by atoms with Crippen molar-refractivity contribution in [3.8, 4) is 0 Å². The minimum absolute atomic E-state index is 0.0796. The van der Waals surface area contributed by atoms with Crippen molar-refractivity contribution in [2.24, 2.45) is 5.92 Å². The van der Waals surface area contributed by atoms with Gasteiger partial charge in [-0.2, -0.15) is 0 Å². The standard InChI is InChI=1S/C15H28N2O3/c1-12-5-2-3-7-14(12)20-10-8-16-15(19)17-9-4-6-13(18)11-17/h12-14,18H,2-11H2,1H3,(H,16,19)/t12-,13+,14+/m1/s1. The normalized spacial score (nSPS) is 31.1. The molecule has 0 unspecified atom stereocenters. The summed E-state index contributed by atoms with van der Waals surface area (Å²) in [6.45, 7) is 4.57. The van der Waals surface area contributed by atoms with Crippen LogP contribution in [-0.2, 0) is 4.74 Å². The minimum Gasteiger partial charge on any atom is -0.391 e. The first-order valence-electron chi connectivity index (χ1n) is 7.99. The van der Waals surface area contributed by atoms with Crippen LogP contribution in [0, 0.1) is 5.92 Å². The fraction of sp³-hybridized carbons (Fsp3) is 0.933. The molecule has 0 radical (unpaired) electrons. The van der Waals surface area contributed by atoms with Crippen LogP contribution in [0.3, 0.4) is 0 Å². The summed E-state index contributed by atoms with van der Waals surface area (Å²) in [5.41, 5.74) is 0. The molecule has 1 saturated carbocycles. The predicted molar refractivity (Wildman–Crippen MR) is 77.6 cm³/mol. The zero-order valence-electron chi connectivity index (χ0n) is 12.5. The fourth-order valence-electron chi connectivity index (χ4n) is 3.15. The monoisotopic (exact) mass is 284 g/mol. The molecule has 1 aliphatic heterocycles. The Morgan fingerprint density at radius 3 is 2.85 bits per heavy atom. The number of β-amino-alcohol motifs (C(OH)–C–C–N with tert-alkyl or cyclic N) is 1. The van der Waals surface area contributed by atoms with Crippen molar-refractivity contribution in [2.75, 3.05) is 26.2 Å². The van der Waals surface area contributed by atoms with Crippen LogP contribution in [0.15, 0.2) is 0 Å². The van der Waals surface area contributed by atoms with Crippen molar-refractivity contribution in [1.82, 2.24) is 10.2 Å². The van der Waals surface area contributed by atoms with E-state index in [9.17, 15) is 9.90 Å². The highest BCUT2D eigenvalue weighted by molar-refractivity contribution is 5.74. The average molecular weight is 284 g/mol. The van der Waals surface area contributed by atoms with Crippen LogP contribution in [0.1, 0.15) is 45.4 Å². The first kappa shape index (κ1) is 15.6. The Balaban J connectivity index is 1.59. The Morgan fingerprint density at radius 1 is 1.30 bits per heavy atom. The number of nitrogens with one attached hydrogen (secondary N) is 1. The summed E-state index contributed by atoms with van der Waals surface area (Å²) in [7, 11) is 0. The van der Waals surface area contributed by atoms with E-state index in [4.69, 9.17) is 4.74 Å². The van der Waals surface area contributed by atoms with Crippen LogP contribution in [-0.4, -0.2) is 54.5 Å². The van der Waals surface area contributed by atoms with Gasteiger partial charge in [-0.15, -0.1) is 0 Å². The number of rotatable bonds is 4. The van der Waals surface area contributed by atoms with E-state index < -0.39 is 0 Å². The van der Waals surface area contributed by atoms with E-state index in [2.05, 4.69) is 12.2 Å². The van der Waals surface area contributed by atoms with Gasteiger partial charge in [0.2, 0.25) is 0 Å². The zero-order chi connectivity index (χ0) is 14.4. The highest BCUT2D eigenvalue weighted by Gasteiger charge is 2.23. The maximum atomic E-state index is 11.9. The van der Waals surface area contributed by atoms with Crippen LogP contribution >= 0.6 is 0 Å². The molecule has 1 saturated heterocycles. The van der Waals surface area contributed by atoms with Crippen LogP contribution < -0.4 is 5.32 Å². The number of piperidine rings is 1. The molecule has 116 valence electrons. The van der Waals surface area contributed by atoms with Gasteiger partial charge < -0.3 is 20.1 Å². The molecule has 2 fully saturated rings. The molecule has 2 rings (SSSR count). The van der Waals surface area contributed by atoms with Gasteiger partial charge in [0.15, 0.2) is 0 Å². The zero-order valence-corrected chi connectivity index (χ0v) is 12.5. The number of amides is 2. The summed E-state index contributed by atoms with van der Waals surface area (Å²) in [6.07, 6.45) is 6.64. The van der Waals surface area contributed by atoms with Gasteiger partial charge in [-0.3, -0.25) is 0 Å². The number of nitrogens with zero attached hydrogens (tertiary/aromatic N) is 1. The second-order valence-electron chi connectivity index (χ2n) is 6.14. The van der Waals surface area contributed by atoms with Crippen LogP contribution in [0.25, 0.3) is 0 Å². The number of carbonyl (C=O) groups is 1. The van der Waals surface area contributed by atoms with Gasteiger partial charge in [-0.25, -0.2) is 4.79 Å². The first-order valence-corrected chi connectivity index (χ1v) is 7.99. The van der Waals surface area contributed by atoms with E-state index in [1.807, 2.05) is 0 Å². The van der Waals surface area contributed by atoms with Crippen molar-refractivity contribution < 1.29 is 14.6 Å². The third-order valence-electron chi connectivity index (χ3n) is 4.43. The molecule has 2 amide bonds. The average Bonchev–Trinajstić information content (AvgIpc) is 2.45. The van der Waals surface area contributed by atoms with Crippen LogP contribution in [0.4, 0.5) is 4.79 Å². The smallest absolute Gasteiger partial charge is 0.317 e. The van der Waals surface area contributed by atoms with Gasteiger partial charge in [0.05, 0.1) is 18.8 Å². The molecular formula is C15H28N2O3. The number of aliphatic hydroxyl groups excluding tert-OH is 1. The highest BCUT2D eigenvalue weighted by atomic mass is 16.5. The van der Waals surface area contributed by atoms with Gasteiger partial charge >= 0.3 is 6.03 Å². The van der Waals surface area contributed by atoms with E-state index in [0.717, 1.165) is 25.8 Å². The van der Waals surface area contributed by atoms with E-state index in [1.165, 1.54) is 19.3 Å². The predicted octanol–water partition coefficient (Wildman–Crippen LogP) is 1.75. The molecule has 5 nitrogen and oxygen atoms in total. The third kappa shape index (κ3) is 4.63. The summed E-state index contributed by atoms with van der Waals surface area (Å²) >= 11 is 0. The summed E-state index contributed by atoms with van der Waals surface area (Å²) in [6, 6.07) is -0.0796. The SMILES string of the molecule is C[C@@H]1CCCC[C@@H]1OCCNC(=O)N1CCC[C@H](O)C1. The molecule has 0 aromatic heterocycles. The molecule has 20 heavy (non-hydrogen) atoms. The van der Waals surface area contributed by atoms with E-state index in [-0.39, 0.29) is 12.1 Å². The Bertz CT molecular complexity index is 311. The largest absolute Gasteiger partial charge is 0.391 e. The molecule has 2 N–H and O–H groups in total. The molecule has 2 aliphatic rings. The van der Waals surface area contributed by atoms with E-state index in [0.29, 0.717) is 31.7 Å². The van der Waals surface area contributed by atoms with Gasteiger partial charge in [0.25, 0.3) is 0 Å². The molecule has 1 heterocycles. The summed E-state index contributed by atoms with van der Waals surface area (Å²) in [5, 5.41) is 12.4. The summed E-state index contributed by atoms with van der Waals surface area (Å²) in [4.78, 5) is 13.6. The molecule has 0 aromatic carbocycles. The van der Waals surface area contributed by atoms with Crippen molar-refractivity contribution in [3.05, 3.63) is 0 Å². The number of hydrogen-bond acceptors (Lipinski definition) is 3. The summed E-state index contributed by atoms with van der Waals surface area (Å²) in [5.74, 6) is 0.636. The molecule has 5 heteroatoms. The number of urea groups is 1. The Kier molecular flexibility index (Phi) is 6.10. The highest BCUT2D eigenvalue weighted by Crippen LogP contribution is 2.25. The molecular weight excluding hydrogens is 256 g/mol. The number of likely N-dealkylation sites (tertiary alicyclic amines) is 1. The van der Waals surface area contributed by atoms with E-state index in [1.54, 1.807) is 4.90 Å². The maximum Gasteiger partial charge on any atom is 0.317 e. The Morgan fingerprint density at radius 2 is 2.10 bits per heavy atom.